The topological polar surface area (TPSA) is 66.8 Å². The Morgan fingerprint density at radius 3 is 2.78 bits per heavy atom. The number of alkyl halides is 1. The highest BCUT2D eigenvalue weighted by Gasteiger charge is 2.53. The Morgan fingerprint density at radius 1 is 1.61 bits per heavy atom. The van der Waals surface area contributed by atoms with E-state index in [0.29, 0.717) is 16.1 Å². The zero-order valence-electron chi connectivity index (χ0n) is 9.90. The first-order chi connectivity index (χ1) is 8.52. The number of carboxylic acids is 1. The molecule has 2 aliphatic heterocycles. The Bertz CT molecular complexity index is 485. The smallest absolute Gasteiger partial charge is 0.353 e. The maximum Gasteiger partial charge on any atom is 0.353 e. The van der Waals surface area contributed by atoms with Gasteiger partial charge in [0.1, 0.15) is 17.7 Å². The van der Waals surface area contributed by atoms with Crippen molar-refractivity contribution in [2.45, 2.75) is 12.3 Å². The van der Waals surface area contributed by atoms with Gasteiger partial charge in [-0.1, -0.05) is 11.8 Å². The summed E-state index contributed by atoms with van der Waals surface area (Å²) in [4.78, 5) is 24.7. The van der Waals surface area contributed by atoms with Crippen LogP contribution >= 0.6 is 11.8 Å². The number of nitrogens with zero attached hydrogens (tertiary/aromatic N) is 1. The first-order valence-electron chi connectivity index (χ1n) is 5.24. The van der Waals surface area contributed by atoms with Crippen LogP contribution in [0.15, 0.2) is 21.7 Å². The first kappa shape index (κ1) is 13.1. The summed E-state index contributed by atoms with van der Waals surface area (Å²) >= 11 is 1.23. The standard InChI is InChI=1S/C11H12FNO4S/c1-5(3-12)7-9(14)13-8(11(15)16)6(4-17-2)18-10(7)13/h10H,3-4H2,1-2H3,(H,15,16)/t10-/m1/s1. The van der Waals surface area contributed by atoms with Crippen molar-refractivity contribution in [1.82, 2.24) is 4.90 Å². The van der Waals surface area contributed by atoms with E-state index in [-0.39, 0.29) is 12.3 Å². The summed E-state index contributed by atoms with van der Waals surface area (Å²) in [6, 6.07) is 0. The number of halogens is 1. The molecule has 1 amide bonds. The number of hydrogen-bond acceptors (Lipinski definition) is 4. The summed E-state index contributed by atoms with van der Waals surface area (Å²) in [5.74, 6) is -1.59. The van der Waals surface area contributed by atoms with Crippen LogP contribution < -0.4 is 0 Å². The van der Waals surface area contributed by atoms with Gasteiger partial charge in [-0.05, 0) is 12.5 Å². The number of aliphatic carboxylic acids is 1. The summed E-state index contributed by atoms with van der Waals surface area (Å²) < 4.78 is 17.5. The molecule has 2 heterocycles. The van der Waals surface area contributed by atoms with Crippen molar-refractivity contribution in [3.05, 3.63) is 21.7 Å². The molecule has 0 unspecified atom stereocenters. The summed E-state index contributed by atoms with van der Waals surface area (Å²) in [6.07, 6.45) is 0. The lowest BCUT2D eigenvalue weighted by Gasteiger charge is -2.38. The predicted molar refractivity (Wildman–Crippen MR) is 63.4 cm³/mol. The molecule has 0 bridgehead atoms. The lowest BCUT2D eigenvalue weighted by Crippen LogP contribution is -2.51. The molecule has 5 nitrogen and oxygen atoms in total. The number of methoxy groups -OCH3 is 1. The van der Waals surface area contributed by atoms with Crippen LogP contribution in [0.4, 0.5) is 4.39 Å². The van der Waals surface area contributed by atoms with Gasteiger partial charge in [0.2, 0.25) is 0 Å². The van der Waals surface area contributed by atoms with E-state index in [1.54, 1.807) is 6.92 Å². The molecule has 18 heavy (non-hydrogen) atoms. The largest absolute Gasteiger partial charge is 0.477 e. The van der Waals surface area contributed by atoms with Crippen LogP contribution in [-0.4, -0.2) is 47.6 Å². The van der Waals surface area contributed by atoms with Crippen molar-refractivity contribution < 1.29 is 23.8 Å². The van der Waals surface area contributed by atoms with Crippen molar-refractivity contribution in [2.75, 3.05) is 20.4 Å². The molecule has 0 aliphatic carbocycles. The zero-order valence-corrected chi connectivity index (χ0v) is 10.7. The molecule has 1 N–H and O–H groups in total. The molecule has 7 heteroatoms. The molecule has 1 saturated heterocycles. The van der Waals surface area contributed by atoms with Crippen LogP contribution in [0, 0.1) is 0 Å². The molecular formula is C11H12FNO4S. The molecule has 98 valence electrons. The maximum absolute atomic E-state index is 12.6. The number of carboxylic acid groups (broad SMARTS) is 1. The molecule has 2 aliphatic rings. The summed E-state index contributed by atoms with van der Waals surface area (Å²) in [5, 5.41) is 8.71. The fraction of sp³-hybridized carbons (Fsp3) is 0.455. The SMILES string of the molecule is COCC1=C(C(=O)O)N2C(=O)C(=C(C)CF)[C@H]2S1. The van der Waals surface area contributed by atoms with Crippen molar-refractivity contribution >= 4 is 23.6 Å². The van der Waals surface area contributed by atoms with Gasteiger partial charge >= 0.3 is 5.97 Å². The molecule has 0 aromatic heterocycles. The minimum Gasteiger partial charge on any atom is -0.477 e. The second-order valence-electron chi connectivity index (χ2n) is 3.98. The maximum atomic E-state index is 12.6. The van der Waals surface area contributed by atoms with E-state index >= 15 is 0 Å². The third-order valence-electron chi connectivity index (χ3n) is 2.83. The van der Waals surface area contributed by atoms with Crippen molar-refractivity contribution in [3.8, 4) is 0 Å². The number of allylic oxidation sites excluding steroid dienone is 1. The monoisotopic (exact) mass is 273 g/mol. The van der Waals surface area contributed by atoms with Gasteiger partial charge in [-0.25, -0.2) is 9.18 Å². The highest BCUT2D eigenvalue weighted by Crippen LogP contribution is 2.49. The minimum atomic E-state index is -1.16. The Morgan fingerprint density at radius 2 is 2.28 bits per heavy atom. The van der Waals surface area contributed by atoms with E-state index in [1.807, 2.05) is 0 Å². The van der Waals surface area contributed by atoms with E-state index in [1.165, 1.54) is 23.8 Å². The summed E-state index contributed by atoms with van der Waals surface area (Å²) in [6.45, 7) is 0.975. The fourth-order valence-electron chi connectivity index (χ4n) is 1.98. The van der Waals surface area contributed by atoms with Crippen LogP contribution in [0.25, 0.3) is 0 Å². The van der Waals surface area contributed by atoms with Crippen molar-refractivity contribution in [3.63, 3.8) is 0 Å². The van der Waals surface area contributed by atoms with Gasteiger partial charge in [0, 0.05) is 12.0 Å². The van der Waals surface area contributed by atoms with Crippen molar-refractivity contribution in [2.24, 2.45) is 0 Å². The lowest BCUT2D eigenvalue weighted by molar-refractivity contribution is -0.141. The average Bonchev–Trinajstić information content (AvgIpc) is 2.64. The van der Waals surface area contributed by atoms with Crippen LogP contribution in [0.3, 0.4) is 0 Å². The number of fused-ring (bicyclic) bond motifs is 1. The number of carbonyl (C=O) groups excluding carboxylic acids is 1. The highest BCUT2D eigenvalue weighted by atomic mass is 32.2. The van der Waals surface area contributed by atoms with Crippen LogP contribution in [0.5, 0.6) is 0 Å². The quantitative estimate of drug-likeness (QED) is 0.614. The molecule has 0 aromatic carbocycles. The van der Waals surface area contributed by atoms with E-state index in [9.17, 15) is 14.0 Å². The van der Waals surface area contributed by atoms with Gasteiger partial charge in [-0.15, -0.1) is 0 Å². The van der Waals surface area contributed by atoms with Gasteiger partial charge in [0.25, 0.3) is 5.91 Å². The summed E-state index contributed by atoms with van der Waals surface area (Å²) in [7, 11) is 1.45. The number of ether oxygens (including phenoxy) is 1. The minimum absolute atomic E-state index is 0.0488. The van der Waals surface area contributed by atoms with Crippen LogP contribution in [0.1, 0.15) is 6.92 Å². The fourth-order valence-corrected chi connectivity index (χ4v) is 3.46. The average molecular weight is 273 g/mol. The zero-order chi connectivity index (χ0) is 13.4. The van der Waals surface area contributed by atoms with Gasteiger partial charge in [0.05, 0.1) is 12.2 Å². The van der Waals surface area contributed by atoms with Gasteiger partial charge < -0.3 is 9.84 Å². The van der Waals surface area contributed by atoms with Crippen molar-refractivity contribution in [1.29, 1.82) is 0 Å². The molecule has 0 radical (unpaired) electrons. The lowest BCUT2D eigenvalue weighted by atomic mass is 10.00. The summed E-state index contributed by atoms with van der Waals surface area (Å²) in [5.41, 5.74) is 0.678. The van der Waals surface area contributed by atoms with E-state index < -0.39 is 23.9 Å². The van der Waals surface area contributed by atoms with E-state index in [0.717, 1.165) is 0 Å². The Kier molecular flexibility index (Phi) is 3.45. The number of thioether (sulfide) groups is 1. The normalized spacial score (nSPS) is 25.2. The predicted octanol–water partition coefficient (Wildman–Crippen LogP) is 1.13. The van der Waals surface area contributed by atoms with E-state index in [2.05, 4.69) is 0 Å². The third-order valence-corrected chi connectivity index (χ3v) is 4.09. The number of hydrogen-bond donors (Lipinski definition) is 1. The molecule has 1 fully saturated rings. The Balaban J connectivity index is 2.35. The van der Waals surface area contributed by atoms with E-state index in [4.69, 9.17) is 9.84 Å². The molecule has 1 atom stereocenters. The highest BCUT2D eigenvalue weighted by molar-refractivity contribution is 8.04. The second kappa shape index (κ2) is 4.74. The molecule has 0 aromatic rings. The van der Waals surface area contributed by atoms with Gasteiger partial charge in [-0.3, -0.25) is 9.69 Å². The molecular weight excluding hydrogens is 261 g/mol. The third kappa shape index (κ3) is 1.74. The second-order valence-corrected chi connectivity index (χ2v) is 5.16. The molecule has 0 saturated carbocycles. The molecule has 0 spiro atoms. The van der Waals surface area contributed by atoms with Crippen LogP contribution in [-0.2, 0) is 14.3 Å². The molecule has 2 rings (SSSR count). The number of amides is 1. The van der Waals surface area contributed by atoms with Gasteiger partial charge in [0.15, 0.2) is 0 Å². The first-order valence-corrected chi connectivity index (χ1v) is 6.12. The Labute approximate surface area is 107 Å². The Hall–Kier alpha value is -1.34. The number of β-lactam (4-membered cyclic amide) rings is 1. The van der Waals surface area contributed by atoms with Crippen LogP contribution in [0.2, 0.25) is 0 Å². The number of carbonyl (C=O) groups is 2. The van der Waals surface area contributed by atoms with Gasteiger partial charge in [-0.2, -0.15) is 0 Å². The number of rotatable bonds is 4.